The van der Waals surface area contributed by atoms with E-state index in [-0.39, 0.29) is 24.7 Å². The zero-order chi connectivity index (χ0) is 16.8. The summed E-state index contributed by atoms with van der Waals surface area (Å²) in [6.07, 6.45) is 2.76. The lowest BCUT2D eigenvalue weighted by molar-refractivity contribution is 0.0651. The summed E-state index contributed by atoms with van der Waals surface area (Å²) in [5, 5.41) is 2.62. The molecule has 2 aromatic rings. The number of halogens is 3. The Bertz CT molecular complexity index is 660. The number of nitrogens with one attached hydrogen (secondary N) is 1. The van der Waals surface area contributed by atoms with Crippen molar-refractivity contribution in [2.24, 2.45) is 0 Å². The summed E-state index contributed by atoms with van der Waals surface area (Å²) >= 11 is 0. The van der Waals surface area contributed by atoms with Gasteiger partial charge in [0.2, 0.25) is 0 Å². The summed E-state index contributed by atoms with van der Waals surface area (Å²) in [6.45, 7) is -2.51. The number of imidazole rings is 1. The Morgan fingerprint density at radius 1 is 1.39 bits per heavy atom. The molecule has 2 amide bonds. The predicted molar refractivity (Wildman–Crippen MR) is 78.4 cm³/mol. The van der Waals surface area contributed by atoms with Gasteiger partial charge in [-0.05, 0) is 18.1 Å². The zero-order valence-corrected chi connectivity index (χ0v) is 12.5. The number of urea groups is 1. The van der Waals surface area contributed by atoms with Crippen LogP contribution >= 0.6 is 0 Å². The topological polar surface area (TPSA) is 50.2 Å². The van der Waals surface area contributed by atoms with Gasteiger partial charge >= 0.3 is 12.6 Å². The molecule has 0 saturated carbocycles. The summed E-state index contributed by atoms with van der Waals surface area (Å²) in [4.78, 5) is 17.0. The summed E-state index contributed by atoms with van der Waals surface area (Å²) < 4.78 is 39.6. The van der Waals surface area contributed by atoms with E-state index in [1.54, 1.807) is 18.2 Å². The zero-order valence-electron chi connectivity index (χ0n) is 12.5. The van der Waals surface area contributed by atoms with Gasteiger partial charge in [0.1, 0.15) is 11.6 Å². The number of benzene rings is 1. The lowest BCUT2D eigenvalue weighted by Gasteiger charge is -2.18. The van der Waals surface area contributed by atoms with E-state index >= 15 is 0 Å². The van der Waals surface area contributed by atoms with Gasteiger partial charge in [0.05, 0.1) is 6.54 Å². The highest BCUT2D eigenvalue weighted by Gasteiger charge is 2.15. The van der Waals surface area contributed by atoms with Crippen molar-refractivity contribution in [3.63, 3.8) is 0 Å². The van der Waals surface area contributed by atoms with E-state index in [0.717, 1.165) is 6.20 Å². The van der Waals surface area contributed by atoms with Gasteiger partial charge in [0.25, 0.3) is 0 Å². The van der Waals surface area contributed by atoms with Gasteiger partial charge in [-0.2, -0.15) is 8.78 Å². The molecular formula is C15H17F3N4O. The van der Waals surface area contributed by atoms with E-state index in [4.69, 9.17) is 0 Å². The average Bonchev–Trinajstić information content (AvgIpc) is 2.97. The second-order valence-corrected chi connectivity index (χ2v) is 4.96. The second-order valence-electron chi connectivity index (χ2n) is 4.96. The van der Waals surface area contributed by atoms with Crippen LogP contribution in [0.3, 0.4) is 0 Å². The van der Waals surface area contributed by atoms with Crippen molar-refractivity contribution in [1.29, 1.82) is 0 Å². The molecule has 23 heavy (non-hydrogen) atoms. The van der Waals surface area contributed by atoms with Crippen LogP contribution < -0.4 is 5.32 Å². The molecule has 124 valence electrons. The Morgan fingerprint density at radius 2 is 2.13 bits per heavy atom. The van der Waals surface area contributed by atoms with E-state index in [2.05, 4.69) is 10.3 Å². The molecule has 1 heterocycles. The number of carbonyl (C=O) groups is 1. The Balaban J connectivity index is 1.83. The number of hydrogen-bond donors (Lipinski definition) is 1. The second kappa shape index (κ2) is 7.66. The first-order valence-electron chi connectivity index (χ1n) is 7.01. The summed E-state index contributed by atoms with van der Waals surface area (Å²) in [7, 11) is 1.48. The van der Waals surface area contributed by atoms with Gasteiger partial charge < -0.3 is 10.2 Å². The Labute approximate surface area is 131 Å². The van der Waals surface area contributed by atoms with Crippen molar-refractivity contribution in [3.8, 4) is 0 Å². The number of alkyl halides is 2. The number of amides is 2. The predicted octanol–water partition coefficient (Wildman–Crippen LogP) is 2.80. The number of aromatic nitrogens is 2. The van der Waals surface area contributed by atoms with Crippen LogP contribution in [0.5, 0.6) is 0 Å². The lowest BCUT2D eigenvalue weighted by Crippen LogP contribution is -2.38. The molecule has 2 rings (SSSR count). The molecule has 0 atom stereocenters. The summed E-state index contributed by atoms with van der Waals surface area (Å²) in [5.74, 6) is -0.235. The quantitative estimate of drug-likeness (QED) is 0.887. The monoisotopic (exact) mass is 326 g/mol. The molecule has 8 heteroatoms. The highest BCUT2D eigenvalue weighted by atomic mass is 19.3. The Morgan fingerprint density at radius 3 is 2.83 bits per heavy atom. The van der Waals surface area contributed by atoms with Crippen LogP contribution in [0.4, 0.5) is 18.0 Å². The molecule has 0 aliphatic rings. The number of hydrogen-bond acceptors (Lipinski definition) is 2. The van der Waals surface area contributed by atoms with Crippen molar-refractivity contribution in [2.75, 3.05) is 13.6 Å². The first-order valence-corrected chi connectivity index (χ1v) is 7.01. The maximum Gasteiger partial charge on any atom is 0.319 e. The highest BCUT2D eigenvalue weighted by molar-refractivity contribution is 5.73. The van der Waals surface area contributed by atoms with Crippen molar-refractivity contribution in [3.05, 3.63) is 53.9 Å². The molecule has 0 bridgehead atoms. The molecular weight excluding hydrogens is 309 g/mol. The van der Waals surface area contributed by atoms with Crippen LogP contribution in [-0.2, 0) is 13.0 Å². The third-order valence-electron chi connectivity index (χ3n) is 3.31. The third kappa shape index (κ3) is 4.48. The van der Waals surface area contributed by atoms with Gasteiger partial charge in [-0.25, -0.2) is 14.2 Å². The molecule has 0 aliphatic carbocycles. The molecule has 0 fully saturated rings. The maximum atomic E-state index is 13.4. The average molecular weight is 326 g/mol. The van der Waals surface area contributed by atoms with Gasteiger partial charge in [-0.1, -0.05) is 18.2 Å². The van der Waals surface area contributed by atoms with Gasteiger partial charge in [0.15, 0.2) is 0 Å². The van der Waals surface area contributed by atoms with Crippen LogP contribution in [0.15, 0.2) is 36.7 Å². The van der Waals surface area contributed by atoms with E-state index in [1.165, 1.54) is 24.2 Å². The Kier molecular flexibility index (Phi) is 5.61. The highest BCUT2D eigenvalue weighted by Crippen LogP contribution is 2.13. The van der Waals surface area contributed by atoms with E-state index in [9.17, 15) is 18.0 Å². The summed E-state index contributed by atoms with van der Waals surface area (Å²) in [5.41, 5.74) is 0.503. The van der Waals surface area contributed by atoms with Gasteiger partial charge in [-0.15, -0.1) is 0 Å². The molecule has 0 unspecified atom stereocenters. The first kappa shape index (κ1) is 16.9. The van der Waals surface area contributed by atoms with Crippen LogP contribution in [0.1, 0.15) is 17.9 Å². The van der Waals surface area contributed by atoms with Gasteiger partial charge in [0, 0.05) is 26.0 Å². The molecule has 1 aromatic heterocycles. The molecule has 0 radical (unpaired) electrons. The standard InChI is InChI=1S/C15H17F3N4O/c1-21(10-13-19-8-9-22(13)14(17)18)15(23)20-7-6-11-4-2-3-5-12(11)16/h2-5,8-9,14H,6-7,10H2,1H3,(H,20,23). The largest absolute Gasteiger partial charge is 0.338 e. The molecule has 0 saturated heterocycles. The molecule has 1 N–H and O–H groups in total. The van der Waals surface area contributed by atoms with Crippen LogP contribution in [-0.4, -0.2) is 34.1 Å². The third-order valence-corrected chi connectivity index (χ3v) is 3.31. The van der Waals surface area contributed by atoms with E-state index in [0.29, 0.717) is 16.6 Å². The normalized spacial score (nSPS) is 10.8. The van der Waals surface area contributed by atoms with Crippen molar-refractivity contribution < 1.29 is 18.0 Å². The maximum absolute atomic E-state index is 13.4. The molecule has 0 aliphatic heterocycles. The minimum absolute atomic E-state index is 0.0527. The fraction of sp³-hybridized carbons (Fsp3) is 0.333. The molecule has 0 spiro atoms. The fourth-order valence-corrected chi connectivity index (χ4v) is 2.07. The van der Waals surface area contributed by atoms with E-state index in [1.807, 2.05) is 0 Å². The van der Waals surface area contributed by atoms with Crippen molar-refractivity contribution >= 4 is 6.03 Å². The van der Waals surface area contributed by atoms with Gasteiger partial charge in [-0.3, -0.25) is 4.57 Å². The Hall–Kier alpha value is -2.51. The van der Waals surface area contributed by atoms with Crippen LogP contribution in [0, 0.1) is 5.82 Å². The summed E-state index contributed by atoms with van der Waals surface area (Å²) in [6, 6.07) is 5.87. The van der Waals surface area contributed by atoms with Crippen molar-refractivity contribution in [2.45, 2.75) is 19.5 Å². The minimum Gasteiger partial charge on any atom is -0.338 e. The number of nitrogens with zero attached hydrogens (tertiary/aromatic N) is 3. The van der Waals surface area contributed by atoms with E-state index < -0.39 is 12.6 Å². The molecule has 5 nitrogen and oxygen atoms in total. The molecule has 1 aromatic carbocycles. The fourth-order valence-electron chi connectivity index (χ4n) is 2.07. The van der Waals surface area contributed by atoms with Crippen molar-refractivity contribution in [1.82, 2.24) is 19.8 Å². The van der Waals surface area contributed by atoms with Crippen LogP contribution in [0.2, 0.25) is 0 Å². The minimum atomic E-state index is -2.70. The first-order chi connectivity index (χ1) is 11.0. The number of rotatable bonds is 6. The lowest BCUT2D eigenvalue weighted by atomic mass is 10.1. The van der Waals surface area contributed by atoms with Crippen LogP contribution in [0.25, 0.3) is 0 Å². The SMILES string of the molecule is CN(Cc1nccn1C(F)F)C(=O)NCCc1ccccc1F. The number of carbonyl (C=O) groups excluding carboxylic acids is 1. The smallest absolute Gasteiger partial charge is 0.319 e.